The standard InChI is InChI=1S/C10H14FNO/c1-6-3-4-8(5-7(2)12)10(13)9(6)11/h3-4,7,13H,5,12H2,1-2H3. The number of hydrogen-bond acceptors (Lipinski definition) is 2. The van der Waals surface area contributed by atoms with E-state index in [1.165, 1.54) is 0 Å². The predicted octanol–water partition coefficient (Wildman–Crippen LogP) is 1.73. The van der Waals surface area contributed by atoms with Crippen LogP contribution in [0.4, 0.5) is 4.39 Å². The molecule has 1 unspecified atom stereocenters. The third-order valence-electron chi connectivity index (χ3n) is 1.93. The van der Waals surface area contributed by atoms with Gasteiger partial charge in [0.25, 0.3) is 0 Å². The van der Waals surface area contributed by atoms with E-state index in [9.17, 15) is 9.50 Å². The van der Waals surface area contributed by atoms with Crippen molar-refractivity contribution in [2.75, 3.05) is 0 Å². The number of halogens is 1. The molecule has 3 heteroatoms. The van der Waals surface area contributed by atoms with Crippen LogP contribution in [0, 0.1) is 12.7 Å². The Morgan fingerprint density at radius 2 is 2.15 bits per heavy atom. The first-order chi connectivity index (χ1) is 6.02. The van der Waals surface area contributed by atoms with Gasteiger partial charge < -0.3 is 10.8 Å². The Hall–Kier alpha value is -1.09. The molecule has 13 heavy (non-hydrogen) atoms. The molecular formula is C10H14FNO. The number of phenolic OH excluding ortho intramolecular Hbond substituents is 1. The Morgan fingerprint density at radius 3 is 2.69 bits per heavy atom. The van der Waals surface area contributed by atoms with Crippen LogP contribution < -0.4 is 5.73 Å². The Balaban J connectivity index is 3.04. The van der Waals surface area contributed by atoms with Crippen molar-refractivity contribution < 1.29 is 9.50 Å². The molecule has 0 spiro atoms. The van der Waals surface area contributed by atoms with Crippen molar-refractivity contribution in [3.8, 4) is 5.75 Å². The van der Waals surface area contributed by atoms with Crippen molar-refractivity contribution in [1.82, 2.24) is 0 Å². The molecule has 0 radical (unpaired) electrons. The summed E-state index contributed by atoms with van der Waals surface area (Å²) in [4.78, 5) is 0. The highest BCUT2D eigenvalue weighted by atomic mass is 19.1. The summed E-state index contributed by atoms with van der Waals surface area (Å²) in [6, 6.07) is 3.28. The Morgan fingerprint density at radius 1 is 1.54 bits per heavy atom. The average Bonchev–Trinajstić information content (AvgIpc) is 2.06. The van der Waals surface area contributed by atoms with E-state index < -0.39 is 5.82 Å². The predicted molar refractivity (Wildman–Crippen MR) is 50.2 cm³/mol. The van der Waals surface area contributed by atoms with Crippen LogP contribution >= 0.6 is 0 Å². The summed E-state index contributed by atoms with van der Waals surface area (Å²) < 4.78 is 13.2. The quantitative estimate of drug-likeness (QED) is 0.733. The Bertz CT molecular complexity index is 310. The number of hydrogen-bond donors (Lipinski definition) is 2. The van der Waals surface area contributed by atoms with Crippen molar-refractivity contribution in [3.63, 3.8) is 0 Å². The lowest BCUT2D eigenvalue weighted by atomic mass is 10.0. The molecule has 0 aliphatic rings. The summed E-state index contributed by atoms with van der Waals surface area (Å²) in [5.74, 6) is -0.810. The van der Waals surface area contributed by atoms with E-state index >= 15 is 0 Å². The first-order valence-electron chi connectivity index (χ1n) is 4.25. The normalized spacial score (nSPS) is 12.9. The fourth-order valence-corrected chi connectivity index (χ4v) is 1.22. The molecule has 0 aliphatic carbocycles. The summed E-state index contributed by atoms with van der Waals surface area (Å²) in [5.41, 5.74) is 6.57. The molecule has 2 nitrogen and oxygen atoms in total. The molecule has 1 atom stereocenters. The Labute approximate surface area is 77.2 Å². The van der Waals surface area contributed by atoms with Crippen LogP contribution in [-0.4, -0.2) is 11.1 Å². The summed E-state index contributed by atoms with van der Waals surface area (Å²) in [6.45, 7) is 3.43. The third kappa shape index (κ3) is 2.18. The van der Waals surface area contributed by atoms with Gasteiger partial charge in [-0.15, -0.1) is 0 Å². The first-order valence-corrected chi connectivity index (χ1v) is 4.25. The summed E-state index contributed by atoms with van der Waals surface area (Å²) in [5, 5.41) is 9.40. The molecule has 0 saturated heterocycles. The maximum atomic E-state index is 13.2. The molecule has 0 aliphatic heterocycles. The smallest absolute Gasteiger partial charge is 0.167 e. The van der Waals surface area contributed by atoms with Crippen LogP contribution in [0.2, 0.25) is 0 Å². The highest BCUT2D eigenvalue weighted by molar-refractivity contribution is 5.38. The minimum Gasteiger partial charge on any atom is -0.505 e. The van der Waals surface area contributed by atoms with Crippen LogP contribution in [0.1, 0.15) is 18.1 Å². The topological polar surface area (TPSA) is 46.2 Å². The second-order valence-corrected chi connectivity index (χ2v) is 3.39. The number of rotatable bonds is 2. The highest BCUT2D eigenvalue weighted by Gasteiger charge is 2.10. The maximum absolute atomic E-state index is 13.2. The monoisotopic (exact) mass is 183 g/mol. The van der Waals surface area contributed by atoms with E-state index in [-0.39, 0.29) is 11.8 Å². The summed E-state index contributed by atoms with van der Waals surface area (Å²) in [7, 11) is 0. The van der Waals surface area contributed by atoms with Gasteiger partial charge in [0.1, 0.15) is 0 Å². The van der Waals surface area contributed by atoms with E-state index in [0.29, 0.717) is 17.5 Å². The zero-order valence-corrected chi connectivity index (χ0v) is 7.84. The van der Waals surface area contributed by atoms with Crippen LogP contribution in [0.5, 0.6) is 5.75 Å². The lowest BCUT2D eigenvalue weighted by molar-refractivity contribution is 0.422. The second-order valence-electron chi connectivity index (χ2n) is 3.39. The number of phenols is 1. The minimum absolute atomic E-state index is 0.0759. The second kappa shape index (κ2) is 3.75. The van der Waals surface area contributed by atoms with Gasteiger partial charge in [-0.1, -0.05) is 12.1 Å². The molecule has 1 rings (SSSR count). The first kappa shape index (κ1) is 9.99. The number of nitrogens with two attached hydrogens (primary N) is 1. The van der Waals surface area contributed by atoms with Crippen molar-refractivity contribution in [3.05, 3.63) is 29.1 Å². The molecule has 0 aromatic heterocycles. The van der Waals surface area contributed by atoms with Gasteiger partial charge in [-0.2, -0.15) is 0 Å². The number of aromatic hydroxyl groups is 1. The van der Waals surface area contributed by atoms with Crippen molar-refractivity contribution in [2.24, 2.45) is 5.73 Å². The van der Waals surface area contributed by atoms with Crippen molar-refractivity contribution >= 4 is 0 Å². The summed E-state index contributed by atoms with van der Waals surface area (Å²) in [6.07, 6.45) is 0.489. The van der Waals surface area contributed by atoms with Crippen LogP contribution in [-0.2, 0) is 6.42 Å². The zero-order valence-electron chi connectivity index (χ0n) is 7.84. The van der Waals surface area contributed by atoms with Crippen LogP contribution in [0.15, 0.2) is 12.1 Å². The van der Waals surface area contributed by atoms with E-state index in [0.717, 1.165) is 0 Å². The summed E-state index contributed by atoms with van der Waals surface area (Å²) >= 11 is 0. The van der Waals surface area contributed by atoms with Crippen LogP contribution in [0.25, 0.3) is 0 Å². The lowest BCUT2D eigenvalue weighted by Gasteiger charge is -2.09. The molecule has 1 aromatic rings. The van der Waals surface area contributed by atoms with Gasteiger partial charge in [0.05, 0.1) is 0 Å². The molecule has 0 bridgehead atoms. The zero-order chi connectivity index (χ0) is 10.0. The van der Waals surface area contributed by atoms with Gasteiger partial charge in [0.2, 0.25) is 0 Å². The van der Waals surface area contributed by atoms with Gasteiger partial charge in [-0.05, 0) is 31.4 Å². The van der Waals surface area contributed by atoms with E-state index in [2.05, 4.69) is 0 Å². The van der Waals surface area contributed by atoms with Gasteiger partial charge in [0.15, 0.2) is 11.6 Å². The van der Waals surface area contributed by atoms with Gasteiger partial charge >= 0.3 is 0 Å². The Kier molecular flexibility index (Phi) is 2.88. The SMILES string of the molecule is Cc1ccc(CC(C)N)c(O)c1F. The molecule has 72 valence electrons. The van der Waals surface area contributed by atoms with Gasteiger partial charge in [0, 0.05) is 6.04 Å². The molecule has 0 fully saturated rings. The molecule has 3 N–H and O–H groups in total. The van der Waals surface area contributed by atoms with E-state index in [1.807, 2.05) is 6.92 Å². The van der Waals surface area contributed by atoms with Crippen molar-refractivity contribution in [2.45, 2.75) is 26.3 Å². The lowest BCUT2D eigenvalue weighted by Crippen LogP contribution is -2.18. The van der Waals surface area contributed by atoms with Crippen molar-refractivity contribution in [1.29, 1.82) is 0 Å². The molecule has 0 saturated carbocycles. The fourth-order valence-electron chi connectivity index (χ4n) is 1.22. The van der Waals surface area contributed by atoms with E-state index in [1.54, 1.807) is 19.1 Å². The molecular weight excluding hydrogens is 169 g/mol. The number of aryl methyl sites for hydroxylation is 1. The molecule has 1 aromatic carbocycles. The van der Waals surface area contributed by atoms with Crippen LogP contribution in [0.3, 0.4) is 0 Å². The third-order valence-corrected chi connectivity index (χ3v) is 1.93. The maximum Gasteiger partial charge on any atom is 0.167 e. The highest BCUT2D eigenvalue weighted by Crippen LogP contribution is 2.24. The van der Waals surface area contributed by atoms with Gasteiger partial charge in [-0.3, -0.25) is 0 Å². The molecule has 0 heterocycles. The molecule has 0 amide bonds. The average molecular weight is 183 g/mol. The van der Waals surface area contributed by atoms with Gasteiger partial charge in [-0.25, -0.2) is 4.39 Å². The number of benzene rings is 1. The van der Waals surface area contributed by atoms with E-state index in [4.69, 9.17) is 5.73 Å². The minimum atomic E-state index is -0.543. The largest absolute Gasteiger partial charge is 0.505 e. The fraction of sp³-hybridized carbons (Fsp3) is 0.400.